The summed E-state index contributed by atoms with van der Waals surface area (Å²) in [5.41, 5.74) is 5.12. The molecule has 0 saturated carbocycles. The summed E-state index contributed by atoms with van der Waals surface area (Å²) in [6.45, 7) is 2.18. The van der Waals surface area contributed by atoms with Crippen molar-refractivity contribution in [1.82, 2.24) is 14.7 Å². The summed E-state index contributed by atoms with van der Waals surface area (Å²) in [5.74, 6) is -0.765. The Bertz CT molecular complexity index is 1450. The lowest BCUT2D eigenvalue weighted by Crippen LogP contribution is -2.30. The minimum absolute atomic E-state index is 0.0620. The van der Waals surface area contributed by atoms with Crippen LogP contribution in [0.25, 0.3) is 10.2 Å². The number of hydrogen-bond donors (Lipinski definition) is 1. The molecule has 4 rings (SSSR count). The van der Waals surface area contributed by atoms with Crippen molar-refractivity contribution in [2.24, 2.45) is 0 Å². The Morgan fingerprint density at radius 3 is 2.66 bits per heavy atom. The highest BCUT2D eigenvalue weighted by Crippen LogP contribution is 2.34. The molecule has 0 spiro atoms. The highest BCUT2D eigenvalue weighted by Gasteiger charge is 2.22. The van der Waals surface area contributed by atoms with E-state index in [1.807, 2.05) is 33.9 Å². The van der Waals surface area contributed by atoms with Gasteiger partial charge in [-0.2, -0.15) is 5.26 Å². The van der Waals surface area contributed by atoms with Crippen LogP contribution in [0.4, 0.5) is 10.8 Å². The lowest BCUT2D eigenvalue weighted by atomic mass is 10.1. The van der Waals surface area contributed by atoms with Crippen molar-refractivity contribution in [2.75, 3.05) is 11.2 Å². The maximum atomic E-state index is 12.4. The number of nitriles is 1. The van der Waals surface area contributed by atoms with E-state index in [0.29, 0.717) is 22.1 Å². The van der Waals surface area contributed by atoms with E-state index in [9.17, 15) is 13.2 Å². The quantitative estimate of drug-likeness (QED) is 0.441. The first-order valence-corrected chi connectivity index (χ1v) is 12.9. The number of aromatic nitrogens is 2. The monoisotopic (exact) mass is 483 g/mol. The standard InChI is InChI=1S/C21H17N5O3S3/c1-13-19(20(27)25-32(2,28)29)24-21(31-13)26(16-6-3-14(10-22)4-7-16)11-15-5-8-17-18(9-15)30-12-23-17/h3-9,12H,11H2,1-2H3,(H,25,27). The Morgan fingerprint density at radius 1 is 1.22 bits per heavy atom. The SMILES string of the molecule is Cc1sc(N(Cc2ccc3ncsc3c2)c2ccc(C#N)cc2)nc1C(=O)NS(C)(=O)=O. The molecule has 2 aromatic carbocycles. The number of nitrogens with zero attached hydrogens (tertiary/aromatic N) is 4. The summed E-state index contributed by atoms with van der Waals surface area (Å²) in [6.07, 6.45) is 0.923. The fourth-order valence-corrected chi connectivity index (χ4v) is 5.19. The summed E-state index contributed by atoms with van der Waals surface area (Å²) in [4.78, 5) is 23.7. The molecule has 0 unspecified atom stereocenters. The Kier molecular flexibility index (Phi) is 5.92. The summed E-state index contributed by atoms with van der Waals surface area (Å²) < 4.78 is 26.0. The zero-order valence-corrected chi connectivity index (χ0v) is 19.5. The van der Waals surface area contributed by atoms with Gasteiger partial charge in [0.05, 0.1) is 40.2 Å². The lowest BCUT2D eigenvalue weighted by Gasteiger charge is -2.22. The topological polar surface area (TPSA) is 116 Å². The number of nitrogens with one attached hydrogen (secondary N) is 1. The molecule has 1 amide bonds. The van der Waals surface area contributed by atoms with E-state index in [0.717, 1.165) is 27.7 Å². The van der Waals surface area contributed by atoms with E-state index in [2.05, 4.69) is 22.1 Å². The second-order valence-corrected chi connectivity index (χ2v) is 10.8. The van der Waals surface area contributed by atoms with Gasteiger partial charge in [-0.25, -0.2) is 23.1 Å². The zero-order valence-electron chi connectivity index (χ0n) is 17.1. The molecule has 32 heavy (non-hydrogen) atoms. The fraction of sp³-hybridized carbons (Fsp3) is 0.143. The average Bonchev–Trinajstić information content (AvgIpc) is 3.37. The molecule has 0 saturated heterocycles. The van der Waals surface area contributed by atoms with Crippen molar-refractivity contribution in [1.29, 1.82) is 5.26 Å². The van der Waals surface area contributed by atoms with Crippen molar-refractivity contribution in [2.45, 2.75) is 13.5 Å². The Morgan fingerprint density at radius 2 is 1.97 bits per heavy atom. The molecule has 0 aliphatic heterocycles. The van der Waals surface area contributed by atoms with Crippen LogP contribution in [-0.4, -0.2) is 30.5 Å². The van der Waals surface area contributed by atoms with Gasteiger partial charge in [-0.15, -0.1) is 22.7 Å². The third-order valence-electron chi connectivity index (χ3n) is 4.55. The zero-order chi connectivity index (χ0) is 22.9. The molecule has 1 N–H and O–H groups in total. The average molecular weight is 484 g/mol. The molecule has 0 fully saturated rings. The molecule has 2 aromatic heterocycles. The van der Waals surface area contributed by atoms with Crippen LogP contribution in [0.15, 0.2) is 48.0 Å². The molecule has 0 bridgehead atoms. The number of rotatable bonds is 6. The molecule has 8 nitrogen and oxygen atoms in total. The number of aryl methyl sites for hydroxylation is 1. The predicted octanol–water partition coefficient (Wildman–Crippen LogP) is 3.96. The van der Waals surface area contributed by atoms with Gasteiger partial charge in [-0.1, -0.05) is 6.07 Å². The normalized spacial score (nSPS) is 11.3. The van der Waals surface area contributed by atoms with Gasteiger partial charge in [0.15, 0.2) is 5.13 Å². The van der Waals surface area contributed by atoms with Crippen LogP contribution in [-0.2, 0) is 16.6 Å². The molecule has 0 atom stereocenters. The Labute approximate surface area is 192 Å². The molecule has 4 aromatic rings. The number of sulfonamides is 1. The maximum Gasteiger partial charge on any atom is 0.284 e. The van der Waals surface area contributed by atoms with E-state index >= 15 is 0 Å². The number of carbonyl (C=O) groups is 1. The number of carbonyl (C=O) groups excluding carboxylic acids is 1. The van der Waals surface area contributed by atoms with Crippen molar-refractivity contribution in [3.63, 3.8) is 0 Å². The number of benzene rings is 2. The second-order valence-electron chi connectivity index (χ2n) is 7.00. The number of anilines is 2. The van der Waals surface area contributed by atoms with Gasteiger partial charge in [-0.05, 0) is 48.9 Å². The number of amides is 1. The number of hydrogen-bond acceptors (Lipinski definition) is 9. The van der Waals surface area contributed by atoms with Crippen molar-refractivity contribution in [3.8, 4) is 6.07 Å². The molecule has 0 aliphatic rings. The first kappa shape index (κ1) is 21.9. The third kappa shape index (κ3) is 4.77. The minimum Gasteiger partial charge on any atom is -0.313 e. The summed E-state index contributed by atoms with van der Waals surface area (Å²) >= 11 is 2.84. The molecule has 2 heterocycles. The van der Waals surface area contributed by atoms with Gasteiger partial charge in [0, 0.05) is 10.6 Å². The van der Waals surface area contributed by atoms with Crippen LogP contribution < -0.4 is 9.62 Å². The molecular weight excluding hydrogens is 466 g/mol. The largest absolute Gasteiger partial charge is 0.313 e. The Hall–Kier alpha value is -3.33. The van der Waals surface area contributed by atoms with Crippen LogP contribution in [0.5, 0.6) is 0 Å². The summed E-state index contributed by atoms with van der Waals surface area (Å²) in [7, 11) is -3.71. The van der Waals surface area contributed by atoms with E-state index in [1.165, 1.54) is 11.3 Å². The van der Waals surface area contributed by atoms with Gasteiger partial charge < -0.3 is 4.90 Å². The van der Waals surface area contributed by atoms with Crippen molar-refractivity contribution in [3.05, 3.63) is 69.7 Å². The highest BCUT2D eigenvalue weighted by molar-refractivity contribution is 7.89. The van der Waals surface area contributed by atoms with E-state index in [-0.39, 0.29) is 5.69 Å². The lowest BCUT2D eigenvalue weighted by molar-refractivity contribution is 0.0977. The van der Waals surface area contributed by atoms with E-state index in [4.69, 9.17) is 5.26 Å². The van der Waals surface area contributed by atoms with Gasteiger partial charge in [0.2, 0.25) is 10.0 Å². The molecule has 0 radical (unpaired) electrons. The Balaban J connectivity index is 1.74. The summed E-state index contributed by atoms with van der Waals surface area (Å²) in [5, 5.41) is 9.66. The predicted molar refractivity (Wildman–Crippen MR) is 126 cm³/mol. The van der Waals surface area contributed by atoms with Crippen molar-refractivity contribution >= 4 is 59.6 Å². The van der Waals surface area contributed by atoms with Crippen LogP contribution in [0.2, 0.25) is 0 Å². The number of fused-ring (bicyclic) bond motifs is 1. The maximum absolute atomic E-state index is 12.4. The number of thiazole rings is 2. The van der Waals surface area contributed by atoms with Crippen LogP contribution in [0.1, 0.15) is 26.5 Å². The molecule has 11 heteroatoms. The molecule has 0 aliphatic carbocycles. The van der Waals surface area contributed by atoms with Gasteiger partial charge >= 0.3 is 0 Å². The van der Waals surface area contributed by atoms with Crippen LogP contribution in [0, 0.1) is 18.3 Å². The smallest absolute Gasteiger partial charge is 0.284 e. The van der Waals surface area contributed by atoms with Gasteiger partial charge in [0.25, 0.3) is 5.91 Å². The van der Waals surface area contributed by atoms with Crippen LogP contribution in [0.3, 0.4) is 0 Å². The minimum atomic E-state index is -3.71. The summed E-state index contributed by atoms with van der Waals surface area (Å²) in [6, 6.07) is 15.2. The van der Waals surface area contributed by atoms with E-state index in [1.54, 1.807) is 35.9 Å². The van der Waals surface area contributed by atoms with E-state index < -0.39 is 15.9 Å². The molecule has 162 valence electrons. The fourth-order valence-electron chi connectivity index (χ4n) is 3.09. The van der Waals surface area contributed by atoms with Gasteiger partial charge in [-0.3, -0.25) is 4.79 Å². The highest BCUT2D eigenvalue weighted by atomic mass is 32.2. The second kappa shape index (κ2) is 8.66. The van der Waals surface area contributed by atoms with Crippen molar-refractivity contribution < 1.29 is 13.2 Å². The van der Waals surface area contributed by atoms with Gasteiger partial charge in [0.1, 0.15) is 5.69 Å². The van der Waals surface area contributed by atoms with Crippen LogP contribution >= 0.6 is 22.7 Å². The molecular formula is C21H17N5O3S3. The first-order chi connectivity index (χ1) is 15.2. The third-order valence-corrected chi connectivity index (χ3v) is 6.90. The first-order valence-electron chi connectivity index (χ1n) is 9.33.